The van der Waals surface area contributed by atoms with Gasteiger partial charge in [0.25, 0.3) is 0 Å². The molecule has 0 unspecified atom stereocenters. The van der Waals surface area contributed by atoms with Gasteiger partial charge in [0.15, 0.2) is 5.82 Å². The number of hydrogen-bond acceptors (Lipinski definition) is 1. The van der Waals surface area contributed by atoms with Crippen LogP contribution in [0.3, 0.4) is 0 Å². The number of unbranched alkanes of at least 4 members (excludes halogenated alkanes) is 4. The summed E-state index contributed by atoms with van der Waals surface area (Å²) in [6, 6.07) is 3.33. The van der Waals surface area contributed by atoms with Gasteiger partial charge in [0.2, 0.25) is 0 Å². The molecule has 0 aliphatic carbocycles. The highest BCUT2D eigenvalue weighted by atomic mass is 35.5. The molecule has 0 spiro atoms. The highest BCUT2D eigenvalue weighted by Crippen LogP contribution is 2.23. The van der Waals surface area contributed by atoms with Crippen molar-refractivity contribution in [1.29, 1.82) is 0 Å². The molecule has 0 bridgehead atoms. The van der Waals surface area contributed by atoms with E-state index in [1.165, 1.54) is 25.7 Å². The van der Waals surface area contributed by atoms with Crippen molar-refractivity contribution >= 4 is 22.6 Å². The first-order valence-electron chi connectivity index (χ1n) is 6.55. The van der Waals surface area contributed by atoms with Crippen molar-refractivity contribution in [2.75, 3.05) is 0 Å². The van der Waals surface area contributed by atoms with Gasteiger partial charge < -0.3 is 4.98 Å². The van der Waals surface area contributed by atoms with Gasteiger partial charge >= 0.3 is 0 Å². The fourth-order valence-electron chi connectivity index (χ4n) is 2.08. The van der Waals surface area contributed by atoms with E-state index in [9.17, 15) is 4.39 Å². The Balaban J connectivity index is 2.00. The Morgan fingerprint density at radius 3 is 2.78 bits per heavy atom. The zero-order valence-corrected chi connectivity index (χ0v) is 11.4. The molecule has 0 radical (unpaired) electrons. The van der Waals surface area contributed by atoms with Gasteiger partial charge in [-0.15, -0.1) is 0 Å². The first kappa shape index (κ1) is 13.3. The average molecular weight is 269 g/mol. The number of aryl methyl sites for hydroxylation is 1. The van der Waals surface area contributed by atoms with Crippen LogP contribution in [0, 0.1) is 5.82 Å². The van der Waals surface area contributed by atoms with Crippen molar-refractivity contribution in [3.63, 3.8) is 0 Å². The first-order chi connectivity index (χ1) is 8.72. The van der Waals surface area contributed by atoms with Crippen molar-refractivity contribution in [2.45, 2.75) is 45.4 Å². The largest absolute Gasteiger partial charge is 0.342 e. The molecule has 0 atom stereocenters. The van der Waals surface area contributed by atoms with Gasteiger partial charge in [-0.2, -0.15) is 0 Å². The minimum Gasteiger partial charge on any atom is -0.342 e. The highest BCUT2D eigenvalue weighted by molar-refractivity contribution is 6.31. The molecule has 2 rings (SSSR count). The molecule has 4 heteroatoms. The third-order valence-electron chi connectivity index (χ3n) is 3.11. The van der Waals surface area contributed by atoms with Crippen molar-refractivity contribution in [3.8, 4) is 0 Å². The number of hydrogen-bond donors (Lipinski definition) is 1. The van der Waals surface area contributed by atoms with Crippen LogP contribution < -0.4 is 0 Å². The number of aromatic nitrogens is 2. The summed E-state index contributed by atoms with van der Waals surface area (Å²) in [5.74, 6) is 0.422. The van der Waals surface area contributed by atoms with E-state index in [0.717, 1.165) is 24.2 Å². The molecule has 2 aromatic rings. The SMILES string of the molecule is CCCCCCCc1nc2c(F)c(Cl)ccc2[nH]1. The van der Waals surface area contributed by atoms with Gasteiger partial charge in [0.05, 0.1) is 10.5 Å². The Bertz CT molecular complexity index is 522. The third kappa shape index (κ3) is 3.02. The fraction of sp³-hybridized carbons (Fsp3) is 0.500. The molecular formula is C14H18ClFN2. The predicted molar refractivity (Wildman–Crippen MR) is 73.5 cm³/mol. The number of aromatic amines is 1. The van der Waals surface area contributed by atoms with Crippen molar-refractivity contribution < 1.29 is 4.39 Å². The molecule has 0 aliphatic heterocycles. The number of H-pyrrole nitrogens is 1. The molecule has 98 valence electrons. The monoisotopic (exact) mass is 268 g/mol. The second-order valence-electron chi connectivity index (χ2n) is 4.61. The average Bonchev–Trinajstić information content (AvgIpc) is 2.78. The standard InChI is InChI=1S/C14H18ClFN2/c1-2-3-4-5-6-7-12-17-11-9-8-10(15)13(16)14(11)18-12/h8-9H,2-7H2,1H3,(H,17,18). The Morgan fingerprint density at radius 1 is 1.22 bits per heavy atom. The van der Waals surface area contributed by atoms with E-state index in [1.54, 1.807) is 12.1 Å². The Kier molecular flexibility index (Phi) is 4.59. The molecular weight excluding hydrogens is 251 g/mol. The maximum absolute atomic E-state index is 13.7. The molecule has 0 amide bonds. The second kappa shape index (κ2) is 6.19. The Labute approximate surface area is 112 Å². The molecule has 0 aliphatic rings. The van der Waals surface area contributed by atoms with Gasteiger partial charge in [0, 0.05) is 6.42 Å². The number of imidazole rings is 1. The van der Waals surface area contributed by atoms with Gasteiger partial charge in [-0.1, -0.05) is 44.2 Å². The molecule has 0 saturated heterocycles. The third-order valence-corrected chi connectivity index (χ3v) is 3.40. The normalized spacial score (nSPS) is 11.3. The van der Waals surface area contributed by atoms with E-state index < -0.39 is 5.82 Å². The zero-order valence-electron chi connectivity index (χ0n) is 10.6. The number of fused-ring (bicyclic) bond motifs is 1. The molecule has 1 aromatic carbocycles. The van der Waals surface area contributed by atoms with Gasteiger partial charge in [-0.05, 0) is 18.6 Å². The summed E-state index contributed by atoms with van der Waals surface area (Å²) in [5, 5.41) is 0.128. The first-order valence-corrected chi connectivity index (χ1v) is 6.92. The maximum atomic E-state index is 13.7. The Morgan fingerprint density at radius 2 is 2.00 bits per heavy atom. The van der Waals surface area contributed by atoms with Crippen LogP contribution in [0.25, 0.3) is 11.0 Å². The van der Waals surface area contributed by atoms with E-state index in [1.807, 2.05) is 0 Å². The molecule has 0 saturated carbocycles. The molecule has 1 N–H and O–H groups in total. The lowest BCUT2D eigenvalue weighted by molar-refractivity contribution is 0.623. The lowest BCUT2D eigenvalue weighted by atomic mass is 10.1. The number of rotatable bonds is 6. The molecule has 1 heterocycles. The molecule has 18 heavy (non-hydrogen) atoms. The summed E-state index contributed by atoms with van der Waals surface area (Å²) >= 11 is 5.73. The van der Waals surface area contributed by atoms with Crippen LogP contribution in [-0.2, 0) is 6.42 Å². The molecule has 2 nitrogen and oxygen atoms in total. The maximum Gasteiger partial charge on any atom is 0.169 e. The van der Waals surface area contributed by atoms with Crippen LogP contribution in [0.1, 0.15) is 44.9 Å². The van der Waals surface area contributed by atoms with E-state index in [-0.39, 0.29) is 5.02 Å². The Hall–Kier alpha value is -1.09. The van der Waals surface area contributed by atoms with Crippen molar-refractivity contribution in [2.24, 2.45) is 0 Å². The van der Waals surface area contributed by atoms with Crippen LogP contribution in [0.4, 0.5) is 4.39 Å². The second-order valence-corrected chi connectivity index (χ2v) is 5.01. The zero-order chi connectivity index (χ0) is 13.0. The van der Waals surface area contributed by atoms with Crippen LogP contribution in [0.2, 0.25) is 5.02 Å². The summed E-state index contributed by atoms with van der Waals surface area (Å²) in [4.78, 5) is 7.42. The predicted octanol–water partition coefficient (Wildman–Crippen LogP) is 4.87. The van der Waals surface area contributed by atoms with E-state index in [0.29, 0.717) is 5.52 Å². The van der Waals surface area contributed by atoms with E-state index in [2.05, 4.69) is 16.9 Å². The lowest BCUT2D eigenvalue weighted by Gasteiger charge is -1.97. The lowest BCUT2D eigenvalue weighted by Crippen LogP contribution is -1.88. The number of benzene rings is 1. The van der Waals surface area contributed by atoms with Gasteiger partial charge in [0.1, 0.15) is 11.3 Å². The van der Waals surface area contributed by atoms with E-state index in [4.69, 9.17) is 11.6 Å². The van der Waals surface area contributed by atoms with Crippen LogP contribution >= 0.6 is 11.6 Å². The number of nitrogens with one attached hydrogen (secondary N) is 1. The summed E-state index contributed by atoms with van der Waals surface area (Å²) in [6.07, 6.45) is 6.95. The van der Waals surface area contributed by atoms with Gasteiger partial charge in [-0.25, -0.2) is 9.37 Å². The summed E-state index contributed by atoms with van der Waals surface area (Å²) in [5.41, 5.74) is 1.08. The fourth-order valence-corrected chi connectivity index (χ4v) is 2.24. The van der Waals surface area contributed by atoms with Crippen molar-refractivity contribution in [1.82, 2.24) is 9.97 Å². The smallest absolute Gasteiger partial charge is 0.169 e. The number of halogens is 2. The highest BCUT2D eigenvalue weighted by Gasteiger charge is 2.10. The molecule has 0 fully saturated rings. The molecule has 1 aromatic heterocycles. The van der Waals surface area contributed by atoms with Crippen LogP contribution in [0.15, 0.2) is 12.1 Å². The summed E-state index contributed by atoms with van der Waals surface area (Å²) in [7, 11) is 0. The topological polar surface area (TPSA) is 28.7 Å². The van der Waals surface area contributed by atoms with Crippen molar-refractivity contribution in [3.05, 3.63) is 28.8 Å². The summed E-state index contributed by atoms with van der Waals surface area (Å²) in [6.45, 7) is 2.20. The van der Waals surface area contributed by atoms with Crippen LogP contribution in [0.5, 0.6) is 0 Å². The quantitative estimate of drug-likeness (QED) is 0.744. The minimum atomic E-state index is -0.428. The van der Waals surface area contributed by atoms with E-state index >= 15 is 0 Å². The van der Waals surface area contributed by atoms with Gasteiger partial charge in [-0.3, -0.25) is 0 Å². The minimum absolute atomic E-state index is 0.128. The number of nitrogens with zero attached hydrogens (tertiary/aromatic N) is 1. The van der Waals surface area contributed by atoms with Crippen LogP contribution in [-0.4, -0.2) is 9.97 Å². The summed E-state index contributed by atoms with van der Waals surface area (Å²) < 4.78 is 13.7.